The monoisotopic (exact) mass is 266 g/mol. The van der Waals surface area contributed by atoms with E-state index >= 15 is 0 Å². The molecule has 0 saturated heterocycles. The Morgan fingerprint density at radius 1 is 1.15 bits per heavy atom. The smallest absolute Gasteiger partial charge is 0.0991 e. The Morgan fingerprint density at radius 3 is 2.50 bits per heavy atom. The maximum atomic E-state index is 9.12. The molecule has 0 unspecified atom stereocenters. The number of aliphatic hydroxyl groups is 1. The molecule has 0 heterocycles. The van der Waals surface area contributed by atoms with Crippen molar-refractivity contribution in [1.29, 1.82) is 5.26 Å². The highest BCUT2D eigenvalue weighted by molar-refractivity contribution is 5.32. The lowest BCUT2D eigenvalue weighted by Crippen LogP contribution is -2.18. The van der Waals surface area contributed by atoms with Gasteiger partial charge in [-0.2, -0.15) is 5.26 Å². The SMILES string of the molecule is C[C@H](NCc1cccc(CO)c1)c1ccc(C#N)cc1. The molecule has 0 aliphatic rings. The fraction of sp³-hybridized carbons (Fsp3) is 0.235. The highest BCUT2D eigenvalue weighted by Gasteiger charge is 2.05. The van der Waals surface area contributed by atoms with Gasteiger partial charge in [-0.05, 0) is 35.7 Å². The lowest BCUT2D eigenvalue weighted by Gasteiger charge is -2.14. The van der Waals surface area contributed by atoms with Crippen molar-refractivity contribution in [2.24, 2.45) is 0 Å². The zero-order valence-electron chi connectivity index (χ0n) is 11.5. The van der Waals surface area contributed by atoms with E-state index in [1.807, 2.05) is 48.5 Å². The molecule has 2 aromatic rings. The number of nitrogens with zero attached hydrogens (tertiary/aromatic N) is 1. The Morgan fingerprint density at radius 2 is 1.85 bits per heavy atom. The normalized spacial score (nSPS) is 11.8. The number of hydrogen-bond donors (Lipinski definition) is 2. The molecule has 3 heteroatoms. The van der Waals surface area contributed by atoms with Crippen molar-refractivity contribution in [2.75, 3.05) is 0 Å². The van der Waals surface area contributed by atoms with E-state index in [0.717, 1.165) is 23.2 Å². The van der Waals surface area contributed by atoms with Gasteiger partial charge in [0.05, 0.1) is 18.2 Å². The summed E-state index contributed by atoms with van der Waals surface area (Å²) in [6.45, 7) is 2.91. The van der Waals surface area contributed by atoms with E-state index in [1.165, 1.54) is 0 Å². The van der Waals surface area contributed by atoms with Gasteiger partial charge in [0, 0.05) is 12.6 Å². The van der Waals surface area contributed by atoms with E-state index in [0.29, 0.717) is 5.56 Å². The highest BCUT2D eigenvalue weighted by Crippen LogP contribution is 2.14. The van der Waals surface area contributed by atoms with Crippen LogP contribution in [0, 0.1) is 11.3 Å². The molecule has 0 aromatic heterocycles. The second-order valence-corrected chi connectivity index (χ2v) is 4.81. The topological polar surface area (TPSA) is 56.0 Å². The first-order valence-corrected chi connectivity index (χ1v) is 6.65. The summed E-state index contributed by atoms with van der Waals surface area (Å²) >= 11 is 0. The second-order valence-electron chi connectivity index (χ2n) is 4.81. The molecule has 0 aliphatic carbocycles. The Kier molecular flexibility index (Phi) is 4.89. The lowest BCUT2D eigenvalue weighted by atomic mass is 10.1. The Bertz CT molecular complexity index is 599. The molecule has 0 saturated carbocycles. The Hall–Kier alpha value is -2.15. The molecule has 2 N–H and O–H groups in total. The van der Waals surface area contributed by atoms with Crippen molar-refractivity contribution in [2.45, 2.75) is 26.1 Å². The molecule has 0 aliphatic heterocycles. The van der Waals surface area contributed by atoms with Crippen LogP contribution in [0.3, 0.4) is 0 Å². The first kappa shape index (κ1) is 14.3. The van der Waals surface area contributed by atoms with Gasteiger partial charge >= 0.3 is 0 Å². The van der Waals surface area contributed by atoms with Gasteiger partial charge in [0.25, 0.3) is 0 Å². The number of benzene rings is 2. The molecule has 2 rings (SSSR count). The highest BCUT2D eigenvalue weighted by atomic mass is 16.3. The minimum absolute atomic E-state index is 0.0685. The summed E-state index contributed by atoms with van der Waals surface area (Å²) in [5, 5.41) is 21.3. The molecule has 20 heavy (non-hydrogen) atoms. The maximum absolute atomic E-state index is 9.12. The van der Waals surface area contributed by atoms with Crippen LogP contribution in [0.25, 0.3) is 0 Å². The van der Waals surface area contributed by atoms with Crippen LogP contribution in [0.4, 0.5) is 0 Å². The van der Waals surface area contributed by atoms with Crippen LogP contribution in [0.5, 0.6) is 0 Å². The fourth-order valence-electron chi connectivity index (χ4n) is 2.07. The lowest BCUT2D eigenvalue weighted by molar-refractivity contribution is 0.281. The zero-order chi connectivity index (χ0) is 14.4. The van der Waals surface area contributed by atoms with E-state index in [4.69, 9.17) is 10.4 Å². The average molecular weight is 266 g/mol. The van der Waals surface area contributed by atoms with E-state index < -0.39 is 0 Å². The third kappa shape index (κ3) is 3.67. The standard InChI is InChI=1S/C17H18N2O/c1-13(17-7-5-14(10-18)6-8-17)19-11-15-3-2-4-16(9-15)12-20/h2-9,13,19-20H,11-12H2,1H3/t13-/m0/s1. The molecule has 0 spiro atoms. The van der Waals surface area contributed by atoms with Crippen molar-refractivity contribution in [1.82, 2.24) is 5.32 Å². The summed E-state index contributed by atoms with van der Waals surface area (Å²) in [4.78, 5) is 0. The molecule has 0 amide bonds. The van der Waals surface area contributed by atoms with E-state index in [-0.39, 0.29) is 12.6 Å². The molecule has 0 fully saturated rings. The van der Waals surface area contributed by atoms with Gasteiger partial charge in [-0.3, -0.25) is 0 Å². The molecule has 3 nitrogen and oxygen atoms in total. The van der Waals surface area contributed by atoms with Gasteiger partial charge in [-0.25, -0.2) is 0 Å². The number of hydrogen-bond acceptors (Lipinski definition) is 3. The predicted molar refractivity (Wildman–Crippen MR) is 78.8 cm³/mol. The minimum atomic E-state index is 0.0685. The number of nitrogens with one attached hydrogen (secondary N) is 1. The molecule has 1 atom stereocenters. The number of nitriles is 1. The second kappa shape index (κ2) is 6.85. The minimum Gasteiger partial charge on any atom is -0.392 e. The number of aliphatic hydroxyl groups excluding tert-OH is 1. The largest absolute Gasteiger partial charge is 0.392 e. The van der Waals surface area contributed by atoms with Crippen molar-refractivity contribution in [3.05, 3.63) is 70.8 Å². The maximum Gasteiger partial charge on any atom is 0.0991 e. The fourth-order valence-corrected chi connectivity index (χ4v) is 2.07. The van der Waals surface area contributed by atoms with Crippen LogP contribution >= 0.6 is 0 Å². The molecule has 0 bridgehead atoms. The zero-order valence-corrected chi connectivity index (χ0v) is 11.5. The van der Waals surface area contributed by atoms with Gasteiger partial charge < -0.3 is 10.4 Å². The average Bonchev–Trinajstić information content (AvgIpc) is 2.53. The van der Waals surface area contributed by atoms with Crippen molar-refractivity contribution < 1.29 is 5.11 Å². The number of rotatable bonds is 5. The molecular formula is C17H18N2O. The summed E-state index contributed by atoms with van der Waals surface area (Å²) in [7, 11) is 0. The predicted octanol–water partition coefficient (Wildman–Crippen LogP) is 2.90. The van der Waals surface area contributed by atoms with Gasteiger partial charge in [-0.15, -0.1) is 0 Å². The van der Waals surface area contributed by atoms with Crippen molar-refractivity contribution in [3.63, 3.8) is 0 Å². The summed E-state index contributed by atoms with van der Waals surface area (Å²) in [5.74, 6) is 0. The van der Waals surface area contributed by atoms with E-state index in [1.54, 1.807) is 0 Å². The van der Waals surface area contributed by atoms with Gasteiger partial charge in [0.1, 0.15) is 0 Å². The van der Waals surface area contributed by atoms with Gasteiger partial charge in [0.2, 0.25) is 0 Å². The van der Waals surface area contributed by atoms with Crippen LogP contribution in [-0.4, -0.2) is 5.11 Å². The van der Waals surface area contributed by atoms with E-state index in [2.05, 4.69) is 18.3 Å². The molecular weight excluding hydrogens is 248 g/mol. The van der Waals surface area contributed by atoms with Crippen molar-refractivity contribution >= 4 is 0 Å². The Balaban J connectivity index is 1.97. The first-order chi connectivity index (χ1) is 9.72. The summed E-state index contributed by atoms with van der Waals surface area (Å²) < 4.78 is 0. The molecule has 102 valence electrons. The third-order valence-electron chi connectivity index (χ3n) is 3.33. The quantitative estimate of drug-likeness (QED) is 0.875. The first-order valence-electron chi connectivity index (χ1n) is 6.65. The molecule has 0 radical (unpaired) electrons. The van der Waals surface area contributed by atoms with Crippen LogP contribution in [0.2, 0.25) is 0 Å². The van der Waals surface area contributed by atoms with Crippen molar-refractivity contribution in [3.8, 4) is 6.07 Å². The molecule has 2 aromatic carbocycles. The summed E-state index contributed by atoms with van der Waals surface area (Å²) in [6.07, 6.45) is 0. The Labute approximate surface area is 119 Å². The summed E-state index contributed by atoms with van der Waals surface area (Å²) in [6, 6.07) is 17.8. The van der Waals surface area contributed by atoms with Crippen LogP contribution in [-0.2, 0) is 13.2 Å². The summed E-state index contributed by atoms with van der Waals surface area (Å²) in [5.41, 5.74) is 3.91. The van der Waals surface area contributed by atoms with Crippen LogP contribution in [0.15, 0.2) is 48.5 Å². The van der Waals surface area contributed by atoms with Crippen LogP contribution < -0.4 is 5.32 Å². The van der Waals surface area contributed by atoms with Crippen LogP contribution in [0.1, 0.15) is 35.2 Å². The van der Waals surface area contributed by atoms with E-state index in [9.17, 15) is 0 Å². The third-order valence-corrected chi connectivity index (χ3v) is 3.33. The van der Waals surface area contributed by atoms with Gasteiger partial charge in [-0.1, -0.05) is 36.4 Å². The van der Waals surface area contributed by atoms with Gasteiger partial charge in [0.15, 0.2) is 0 Å².